The van der Waals surface area contributed by atoms with E-state index in [2.05, 4.69) is 20.4 Å². The van der Waals surface area contributed by atoms with Crippen molar-refractivity contribution in [3.8, 4) is 5.75 Å². The third-order valence-corrected chi connectivity index (χ3v) is 8.21. The normalized spacial score (nSPS) is 18.0. The topological polar surface area (TPSA) is 111 Å². The number of carboxylic acids is 1. The van der Waals surface area contributed by atoms with Crippen LogP contribution in [0.3, 0.4) is 0 Å². The fraction of sp³-hybridized carbons (Fsp3) is 0.483. The second-order valence-electron chi connectivity index (χ2n) is 10.4. The van der Waals surface area contributed by atoms with Crippen LogP contribution in [0.5, 0.6) is 5.75 Å². The number of hydrogen-bond acceptors (Lipinski definition) is 6. The van der Waals surface area contributed by atoms with E-state index in [1.165, 1.54) is 0 Å². The van der Waals surface area contributed by atoms with Crippen LogP contribution in [0.2, 0.25) is 10.0 Å². The number of amides is 2. The van der Waals surface area contributed by atoms with E-state index in [1.807, 2.05) is 30.3 Å². The molecule has 2 atom stereocenters. The third kappa shape index (κ3) is 8.02. The molecule has 40 heavy (non-hydrogen) atoms. The van der Waals surface area contributed by atoms with Crippen molar-refractivity contribution < 1.29 is 24.2 Å². The Morgan fingerprint density at radius 2 is 1.93 bits per heavy atom. The van der Waals surface area contributed by atoms with Crippen molar-refractivity contribution in [1.29, 1.82) is 0 Å². The first-order valence-electron chi connectivity index (χ1n) is 13.7. The van der Waals surface area contributed by atoms with E-state index in [9.17, 15) is 14.4 Å². The number of halogens is 2. The van der Waals surface area contributed by atoms with Crippen molar-refractivity contribution in [1.82, 2.24) is 10.2 Å². The molecule has 2 heterocycles. The Bertz CT molecular complexity index is 1220. The lowest BCUT2D eigenvalue weighted by atomic mass is 9.90. The molecule has 11 heteroatoms. The molecule has 2 unspecified atom stereocenters. The Morgan fingerprint density at radius 1 is 1.15 bits per heavy atom. The van der Waals surface area contributed by atoms with Crippen LogP contribution in [0, 0.1) is 5.92 Å². The number of nitrogens with zero attached hydrogens (tertiary/aromatic N) is 2. The first-order valence-corrected chi connectivity index (χ1v) is 14.4. The van der Waals surface area contributed by atoms with Crippen molar-refractivity contribution in [2.45, 2.75) is 38.5 Å². The van der Waals surface area contributed by atoms with Gasteiger partial charge in [0.1, 0.15) is 5.75 Å². The molecule has 1 saturated heterocycles. The van der Waals surface area contributed by atoms with Gasteiger partial charge in [0.15, 0.2) is 0 Å². The maximum atomic E-state index is 12.3. The van der Waals surface area contributed by atoms with Crippen molar-refractivity contribution in [3.05, 3.63) is 52.0 Å². The molecule has 1 fully saturated rings. The Morgan fingerprint density at radius 3 is 2.67 bits per heavy atom. The summed E-state index contributed by atoms with van der Waals surface area (Å²) in [5.74, 6) is -1.61. The van der Waals surface area contributed by atoms with Gasteiger partial charge in [0.05, 0.1) is 28.8 Å². The second-order valence-corrected chi connectivity index (χ2v) is 11.2. The van der Waals surface area contributed by atoms with Gasteiger partial charge in [-0.1, -0.05) is 42.3 Å². The monoisotopic (exact) mass is 590 g/mol. The molecule has 0 aromatic heterocycles. The Balaban J connectivity index is 1.19. The summed E-state index contributed by atoms with van der Waals surface area (Å²) in [4.78, 5) is 40.1. The molecule has 2 aliphatic rings. The highest BCUT2D eigenvalue weighted by Gasteiger charge is 2.27. The zero-order valence-electron chi connectivity index (χ0n) is 22.6. The summed E-state index contributed by atoms with van der Waals surface area (Å²) in [7, 11) is 0. The Kier molecular flexibility index (Phi) is 10.5. The van der Waals surface area contributed by atoms with Crippen LogP contribution in [0.4, 0.5) is 11.4 Å². The number of anilines is 2. The van der Waals surface area contributed by atoms with Gasteiger partial charge < -0.3 is 25.4 Å². The minimum atomic E-state index is -1.02. The molecule has 0 saturated carbocycles. The van der Waals surface area contributed by atoms with Crippen LogP contribution >= 0.6 is 23.2 Å². The molecule has 0 radical (unpaired) electrons. The summed E-state index contributed by atoms with van der Waals surface area (Å²) >= 11 is 12.6. The standard InChI is InChI=1S/C29H36Cl2N4O5/c1-19(15-27(37)38)29(39)32-18-20-16-26(36)33-24-17-21(7-8-22(20)24)40-14-3-2-9-34-10-12-35(13-11-34)25-6-4-5-23(30)28(25)31/h4-8,17,19-20H,2-3,9-16,18H2,1H3,(H,32,39)(H,33,36)(H,37,38). The van der Waals surface area contributed by atoms with Crippen molar-refractivity contribution in [2.24, 2.45) is 5.92 Å². The minimum Gasteiger partial charge on any atom is -0.494 e. The predicted octanol–water partition coefficient (Wildman–Crippen LogP) is 4.63. The number of unbranched alkanes of at least 4 members (excludes halogenated alkanes) is 1. The molecule has 0 spiro atoms. The zero-order valence-corrected chi connectivity index (χ0v) is 24.1. The third-order valence-electron chi connectivity index (χ3n) is 7.40. The SMILES string of the molecule is CC(CC(=O)O)C(=O)NCC1CC(=O)Nc2cc(OCCCCN3CCN(c4cccc(Cl)c4Cl)CC3)ccc21. The Hall–Kier alpha value is -3.01. The number of carbonyl (C=O) groups is 3. The molecule has 9 nitrogen and oxygen atoms in total. The van der Waals surface area contributed by atoms with Crippen LogP contribution in [-0.4, -0.2) is 73.7 Å². The van der Waals surface area contributed by atoms with Gasteiger partial charge in [-0.3, -0.25) is 19.3 Å². The van der Waals surface area contributed by atoms with E-state index < -0.39 is 11.9 Å². The summed E-state index contributed by atoms with van der Waals surface area (Å²) < 4.78 is 5.97. The largest absolute Gasteiger partial charge is 0.494 e. The van der Waals surface area contributed by atoms with Gasteiger partial charge in [-0.05, 0) is 43.1 Å². The van der Waals surface area contributed by atoms with E-state index in [-0.39, 0.29) is 37.1 Å². The molecule has 2 aromatic carbocycles. The minimum absolute atomic E-state index is 0.125. The van der Waals surface area contributed by atoms with Crippen LogP contribution in [0.1, 0.15) is 44.1 Å². The summed E-state index contributed by atoms with van der Waals surface area (Å²) in [6.45, 7) is 7.16. The number of ether oxygens (including phenoxy) is 1. The van der Waals surface area contributed by atoms with Gasteiger partial charge in [-0.2, -0.15) is 0 Å². The first kappa shape index (κ1) is 30.0. The lowest BCUT2D eigenvalue weighted by Gasteiger charge is -2.36. The van der Waals surface area contributed by atoms with E-state index in [0.29, 0.717) is 28.1 Å². The summed E-state index contributed by atoms with van der Waals surface area (Å²) in [6.07, 6.45) is 1.94. The summed E-state index contributed by atoms with van der Waals surface area (Å²) in [5.41, 5.74) is 2.60. The highest BCUT2D eigenvalue weighted by Crippen LogP contribution is 2.35. The number of carboxylic acid groups (broad SMARTS) is 1. The summed E-state index contributed by atoms with van der Waals surface area (Å²) in [5, 5.41) is 15.8. The predicted molar refractivity (Wildman–Crippen MR) is 157 cm³/mol. The van der Waals surface area contributed by atoms with Gasteiger partial charge in [-0.15, -0.1) is 0 Å². The van der Waals surface area contributed by atoms with Crippen LogP contribution in [-0.2, 0) is 14.4 Å². The first-order chi connectivity index (χ1) is 19.2. The maximum absolute atomic E-state index is 12.3. The Labute approximate surface area is 244 Å². The number of rotatable bonds is 12. The number of fused-ring (bicyclic) bond motifs is 1. The number of benzene rings is 2. The van der Waals surface area contributed by atoms with Crippen molar-refractivity contribution >= 4 is 52.4 Å². The van der Waals surface area contributed by atoms with Gasteiger partial charge in [0.25, 0.3) is 0 Å². The number of piperazine rings is 1. The van der Waals surface area contributed by atoms with E-state index in [0.717, 1.165) is 56.8 Å². The molecule has 2 aliphatic heterocycles. The number of nitrogens with one attached hydrogen (secondary N) is 2. The van der Waals surface area contributed by atoms with E-state index >= 15 is 0 Å². The molecule has 0 aliphatic carbocycles. The number of carbonyl (C=O) groups excluding carboxylic acids is 2. The lowest BCUT2D eigenvalue weighted by molar-refractivity contribution is -0.140. The summed E-state index contributed by atoms with van der Waals surface area (Å²) in [6, 6.07) is 11.4. The highest BCUT2D eigenvalue weighted by molar-refractivity contribution is 6.43. The molecular weight excluding hydrogens is 555 g/mol. The average Bonchev–Trinajstić information content (AvgIpc) is 2.92. The van der Waals surface area contributed by atoms with Crippen molar-refractivity contribution in [3.63, 3.8) is 0 Å². The van der Waals surface area contributed by atoms with E-state index in [4.69, 9.17) is 33.0 Å². The fourth-order valence-electron chi connectivity index (χ4n) is 5.14. The van der Waals surface area contributed by atoms with E-state index in [1.54, 1.807) is 13.0 Å². The molecule has 2 aromatic rings. The maximum Gasteiger partial charge on any atom is 0.304 e. The fourth-order valence-corrected chi connectivity index (χ4v) is 5.55. The number of aliphatic carboxylic acids is 1. The highest BCUT2D eigenvalue weighted by atomic mass is 35.5. The molecule has 2 amide bonds. The molecule has 0 bridgehead atoms. The van der Waals surface area contributed by atoms with Gasteiger partial charge in [0.2, 0.25) is 11.8 Å². The number of hydrogen-bond donors (Lipinski definition) is 3. The smallest absolute Gasteiger partial charge is 0.304 e. The quantitative estimate of drug-likeness (QED) is 0.309. The molecule has 4 rings (SSSR count). The second kappa shape index (κ2) is 14.1. The lowest BCUT2D eigenvalue weighted by Crippen LogP contribution is -2.46. The molecular formula is C29H36Cl2N4O5. The van der Waals surface area contributed by atoms with Crippen LogP contribution < -0.4 is 20.3 Å². The molecule has 3 N–H and O–H groups in total. The van der Waals surface area contributed by atoms with Gasteiger partial charge >= 0.3 is 5.97 Å². The molecule has 216 valence electrons. The van der Waals surface area contributed by atoms with Crippen LogP contribution in [0.15, 0.2) is 36.4 Å². The zero-order chi connectivity index (χ0) is 28.6. The van der Waals surface area contributed by atoms with Gasteiger partial charge in [0, 0.05) is 62.7 Å². The van der Waals surface area contributed by atoms with Gasteiger partial charge in [-0.25, -0.2) is 0 Å². The van der Waals surface area contributed by atoms with Crippen LogP contribution in [0.25, 0.3) is 0 Å². The average molecular weight is 592 g/mol. The van der Waals surface area contributed by atoms with Crippen molar-refractivity contribution in [2.75, 3.05) is 56.1 Å².